The summed E-state index contributed by atoms with van der Waals surface area (Å²) in [5.74, 6) is 0.802. The van der Waals surface area contributed by atoms with Crippen LogP contribution in [0, 0.1) is 0 Å². The average molecular weight is 90.2 g/mol. The first-order chi connectivity index (χ1) is 2.41. The maximum absolute atomic E-state index is 5.07. The van der Waals surface area contributed by atoms with Crippen LogP contribution in [0.15, 0.2) is 0 Å². The van der Waals surface area contributed by atoms with Gasteiger partial charge in [0.15, 0.2) is 0 Å². The van der Waals surface area contributed by atoms with E-state index in [0.29, 0.717) is 0 Å². The van der Waals surface area contributed by atoms with Gasteiger partial charge >= 0.3 is 0 Å². The Kier molecular flexibility index (Phi) is 4.58. The minimum Gasteiger partial charge on any atom is -0.330 e. The summed E-state index contributed by atoms with van der Waals surface area (Å²) >= 11 is 4.57. The molecule has 0 heterocycles. The Morgan fingerprint density at radius 2 is 2.20 bits per heavy atom. The highest BCUT2D eigenvalue weighted by molar-refractivity contribution is 7.80. The Morgan fingerprint density at radius 1 is 1.60 bits per heavy atom. The highest BCUT2D eigenvalue weighted by Crippen LogP contribution is 1.74. The molecule has 0 spiro atoms. The van der Waals surface area contributed by atoms with Crippen molar-refractivity contribution < 1.29 is 0 Å². The zero-order chi connectivity index (χ0) is 4.12. The van der Waals surface area contributed by atoms with E-state index in [2.05, 4.69) is 12.6 Å². The van der Waals surface area contributed by atoms with E-state index in [4.69, 9.17) is 5.73 Å². The quantitative estimate of drug-likeness (QED) is 0.526. The molecule has 0 aliphatic carbocycles. The maximum atomic E-state index is 5.07. The Morgan fingerprint density at radius 3 is 2.20 bits per heavy atom. The Balaban J connectivity index is 2.19. The van der Waals surface area contributed by atoms with Gasteiger partial charge in [-0.15, -0.1) is 0 Å². The molecule has 0 aromatic carbocycles. The monoisotopic (exact) mass is 90.0 g/mol. The van der Waals surface area contributed by atoms with E-state index in [0.717, 1.165) is 18.7 Å². The second-order valence-electron chi connectivity index (χ2n) is 0.846. The van der Waals surface area contributed by atoms with Crippen LogP contribution in [0.25, 0.3) is 0 Å². The van der Waals surface area contributed by atoms with Crippen molar-refractivity contribution >= 4 is 12.6 Å². The SMILES string of the molecule is NCCC[S]. The molecular formula is C3H8NS. The summed E-state index contributed by atoms with van der Waals surface area (Å²) in [6.07, 6.45) is 0.981. The molecule has 0 aromatic rings. The number of rotatable bonds is 2. The molecule has 2 N–H and O–H groups in total. The summed E-state index contributed by atoms with van der Waals surface area (Å²) in [6.45, 7) is 0.740. The molecule has 0 aliphatic heterocycles. The second kappa shape index (κ2) is 4.31. The molecule has 31 valence electrons. The van der Waals surface area contributed by atoms with Crippen molar-refractivity contribution in [2.45, 2.75) is 6.42 Å². The van der Waals surface area contributed by atoms with Gasteiger partial charge < -0.3 is 5.73 Å². The minimum absolute atomic E-state index is 0.740. The molecule has 0 amide bonds. The lowest BCUT2D eigenvalue weighted by Crippen LogP contribution is -1.97. The standard InChI is InChI=1S/C3H8NS/c4-2-1-3-5/h1-4H2. The summed E-state index contributed by atoms with van der Waals surface area (Å²) in [5.41, 5.74) is 5.07. The molecule has 2 heteroatoms. The Labute approximate surface area is 38.0 Å². The zero-order valence-corrected chi connectivity index (χ0v) is 3.92. The van der Waals surface area contributed by atoms with E-state index >= 15 is 0 Å². The van der Waals surface area contributed by atoms with E-state index < -0.39 is 0 Å². The predicted octanol–water partition coefficient (Wildman–Crippen LogP) is 0.533. The summed E-state index contributed by atoms with van der Waals surface area (Å²) in [6, 6.07) is 0. The van der Waals surface area contributed by atoms with Crippen LogP contribution in [-0.2, 0) is 0 Å². The molecular weight excluding hydrogens is 82.1 g/mol. The molecule has 0 bridgehead atoms. The van der Waals surface area contributed by atoms with Crippen LogP contribution in [-0.4, -0.2) is 12.3 Å². The smallest absolute Gasteiger partial charge is 0.00489 e. The molecule has 0 atom stereocenters. The molecule has 0 saturated heterocycles. The van der Waals surface area contributed by atoms with Crippen molar-refractivity contribution in [2.24, 2.45) is 5.73 Å². The lowest BCUT2D eigenvalue weighted by molar-refractivity contribution is 0.946. The van der Waals surface area contributed by atoms with Gasteiger partial charge in [-0.25, -0.2) is 0 Å². The average Bonchev–Trinajstić information content (AvgIpc) is 1.41. The van der Waals surface area contributed by atoms with Crippen LogP contribution in [0.3, 0.4) is 0 Å². The van der Waals surface area contributed by atoms with E-state index in [1.807, 2.05) is 0 Å². The normalized spacial score (nSPS) is 8.40. The third-order valence-electron chi connectivity index (χ3n) is 0.348. The van der Waals surface area contributed by atoms with Gasteiger partial charge in [0.05, 0.1) is 0 Å². The number of hydrogen-bond acceptors (Lipinski definition) is 1. The van der Waals surface area contributed by atoms with Crippen molar-refractivity contribution in [3.05, 3.63) is 0 Å². The van der Waals surface area contributed by atoms with Crippen LogP contribution in [0.4, 0.5) is 0 Å². The van der Waals surface area contributed by atoms with Gasteiger partial charge in [-0.05, 0) is 13.0 Å². The van der Waals surface area contributed by atoms with Crippen molar-refractivity contribution in [3.8, 4) is 0 Å². The fraction of sp³-hybridized carbons (Fsp3) is 1.00. The first-order valence-corrected chi connectivity index (χ1v) is 2.27. The molecule has 0 rings (SSSR count). The van der Waals surface area contributed by atoms with Crippen LogP contribution < -0.4 is 5.73 Å². The minimum atomic E-state index is 0.740. The summed E-state index contributed by atoms with van der Waals surface area (Å²) in [4.78, 5) is 0. The molecule has 5 heavy (non-hydrogen) atoms. The first-order valence-electron chi connectivity index (χ1n) is 1.70. The molecule has 0 aliphatic rings. The van der Waals surface area contributed by atoms with E-state index in [1.54, 1.807) is 0 Å². The molecule has 1 radical (unpaired) electrons. The van der Waals surface area contributed by atoms with Crippen molar-refractivity contribution in [3.63, 3.8) is 0 Å². The van der Waals surface area contributed by atoms with Gasteiger partial charge in [0.1, 0.15) is 0 Å². The number of hydrogen-bond donors (Lipinski definition) is 1. The van der Waals surface area contributed by atoms with E-state index in [-0.39, 0.29) is 0 Å². The van der Waals surface area contributed by atoms with Gasteiger partial charge in [0.25, 0.3) is 0 Å². The van der Waals surface area contributed by atoms with Crippen LogP contribution >= 0.6 is 12.6 Å². The second-order valence-corrected chi connectivity index (χ2v) is 1.25. The largest absolute Gasteiger partial charge is 0.330 e. The molecule has 0 saturated carbocycles. The summed E-state index contributed by atoms with van der Waals surface area (Å²) in [7, 11) is 0. The predicted molar refractivity (Wildman–Crippen MR) is 26.1 cm³/mol. The Hall–Kier alpha value is 0.310. The van der Waals surface area contributed by atoms with Gasteiger partial charge in [-0.1, -0.05) is 12.6 Å². The topological polar surface area (TPSA) is 26.0 Å². The molecule has 0 aromatic heterocycles. The summed E-state index contributed by atoms with van der Waals surface area (Å²) in [5, 5.41) is 0. The fourth-order valence-electron chi connectivity index (χ4n) is 0.0833. The highest BCUT2D eigenvalue weighted by Gasteiger charge is 1.69. The van der Waals surface area contributed by atoms with Gasteiger partial charge in [-0.2, -0.15) is 0 Å². The maximum Gasteiger partial charge on any atom is 0.00489 e. The first kappa shape index (κ1) is 5.31. The van der Waals surface area contributed by atoms with E-state index in [1.165, 1.54) is 0 Å². The van der Waals surface area contributed by atoms with Gasteiger partial charge in [-0.3, -0.25) is 0 Å². The fourth-order valence-corrected chi connectivity index (χ4v) is 0.250. The highest BCUT2D eigenvalue weighted by atomic mass is 32.1. The molecule has 0 unspecified atom stereocenters. The third kappa shape index (κ3) is 4.31. The molecule has 0 fully saturated rings. The summed E-state index contributed by atoms with van der Waals surface area (Å²) < 4.78 is 0. The van der Waals surface area contributed by atoms with Crippen LogP contribution in [0.1, 0.15) is 6.42 Å². The third-order valence-corrected chi connectivity index (χ3v) is 0.637. The van der Waals surface area contributed by atoms with E-state index in [9.17, 15) is 0 Å². The van der Waals surface area contributed by atoms with Gasteiger partial charge in [0.2, 0.25) is 0 Å². The molecule has 1 nitrogen and oxygen atoms in total. The van der Waals surface area contributed by atoms with Gasteiger partial charge in [0, 0.05) is 5.75 Å². The zero-order valence-electron chi connectivity index (χ0n) is 3.11. The van der Waals surface area contributed by atoms with Crippen molar-refractivity contribution in [1.29, 1.82) is 0 Å². The Bertz CT molecular complexity index is 14.4. The lowest BCUT2D eigenvalue weighted by Gasteiger charge is -1.78. The van der Waals surface area contributed by atoms with Crippen molar-refractivity contribution in [1.82, 2.24) is 0 Å². The van der Waals surface area contributed by atoms with Crippen molar-refractivity contribution in [2.75, 3.05) is 12.3 Å². The lowest BCUT2D eigenvalue weighted by atomic mass is 10.5. The van der Waals surface area contributed by atoms with Crippen LogP contribution in [0.2, 0.25) is 0 Å². The number of nitrogens with two attached hydrogens (primary N) is 1. The van der Waals surface area contributed by atoms with Crippen LogP contribution in [0.5, 0.6) is 0 Å².